The molecule has 0 fully saturated rings. The smallest absolute Gasteiger partial charge is 0.224 e. The lowest BCUT2D eigenvalue weighted by Crippen LogP contribution is -2.12. The molecule has 0 saturated heterocycles. The summed E-state index contributed by atoms with van der Waals surface area (Å²) in [5, 5.41) is 2.90. The number of benzene rings is 1. The number of carbonyl (C=O) groups is 1. The van der Waals surface area contributed by atoms with E-state index in [1.165, 1.54) is 0 Å². The molecule has 0 bridgehead atoms. The van der Waals surface area contributed by atoms with Crippen LogP contribution in [-0.2, 0) is 4.79 Å². The summed E-state index contributed by atoms with van der Waals surface area (Å²) >= 11 is 0. The van der Waals surface area contributed by atoms with E-state index in [2.05, 4.69) is 12.2 Å². The lowest BCUT2D eigenvalue weighted by Gasteiger charge is -2.13. The van der Waals surface area contributed by atoms with E-state index in [0.717, 1.165) is 37.1 Å². The average molecular weight is 278 g/mol. The molecule has 0 aliphatic carbocycles. The molecule has 3 N–H and O–H groups in total. The molecule has 1 aromatic carbocycles. The van der Waals surface area contributed by atoms with E-state index in [1.54, 1.807) is 0 Å². The molecule has 4 nitrogen and oxygen atoms in total. The number of rotatable bonds is 9. The number of carbonyl (C=O) groups excluding carboxylic acids is 1. The van der Waals surface area contributed by atoms with Crippen LogP contribution in [0, 0.1) is 0 Å². The second-order valence-corrected chi connectivity index (χ2v) is 5.01. The fourth-order valence-corrected chi connectivity index (χ4v) is 1.79. The van der Waals surface area contributed by atoms with Gasteiger partial charge in [0.1, 0.15) is 5.75 Å². The van der Waals surface area contributed by atoms with Crippen molar-refractivity contribution in [3.63, 3.8) is 0 Å². The molecular weight excluding hydrogens is 252 g/mol. The summed E-state index contributed by atoms with van der Waals surface area (Å²) in [6, 6.07) is 7.54. The van der Waals surface area contributed by atoms with Crippen LogP contribution >= 0.6 is 0 Å². The van der Waals surface area contributed by atoms with E-state index in [0.29, 0.717) is 13.0 Å². The van der Waals surface area contributed by atoms with Crippen molar-refractivity contribution in [2.75, 3.05) is 11.9 Å². The van der Waals surface area contributed by atoms with Gasteiger partial charge in [-0.15, -0.1) is 0 Å². The Hall–Kier alpha value is -1.55. The second-order valence-electron chi connectivity index (χ2n) is 5.01. The van der Waals surface area contributed by atoms with Gasteiger partial charge in [-0.05, 0) is 44.9 Å². The van der Waals surface area contributed by atoms with Crippen LogP contribution in [0.25, 0.3) is 0 Å². The van der Waals surface area contributed by atoms with Gasteiger partial charge in [-0.3, -0.25) is 4.79 Å². The molecule has 0 spiro atoms. The van der Waals surface area contributed by atoms with Crippen LogP contribution in [0.1, 0.15) is 46.0 Å². The Labute approximate surface area is 121 Å². The highest BCUT2D eigenvalue weighted by Gasteiger charge is 2.05. The van der Waals surface area contributed by atoms with Crippen LogP contribution in [-0.4, -0.2) is 18.6 Å². The Morgan fingerprint density at radius 1 is 1.35 bits per heavy atom. The Morgan fingerprint density at radius 2 is 2.15 bits per heavy atom. The minimum Gasteiger partial charge on any atom is -0.491 e. The van der Waals surface area contributed by atoms with Crippen LogP contribution in [0.15, 0.2) is 24.3 Å². The molecule has 0 radical (unpaired) electrons. The number of hydrogen-bond acceptors (Lipinski definition) is 3. The minimum absolute atomic E-state index is 0.0442. The van der Waals surface area contributed by atoms with Crippen LogP contribution in [0.4, 0.5) is 5.69 Å². The van der Waals surface area contributed by atoms with Gasteiger partial charge in [-0.1, -0.05) is 19.4 Å². The van der Waals surface area contributed by atoms with Crippen molar-refractivity contribution in [2.24, 2.45) is 5.73 Å². The average Bonchev–Trinajstić information content (AvgIpc) is 2.44. The van der Waals surface area contributed by atoms with Gasteiger partial charge >= 0.3 is 0 Å². The first-order valence-corrected chi connectivity index (χ1v) is 7.42. The van der Waals surface area contributed by atoms with E-state index in [4.69, 9.17) is 10.5 Å². The number of nitrogens with two attached hydrogens (primary N) is 1. The molecule has 1 atom stereocenters. The maximum atomic E-state index is 11.8. The predicted octanol–water partition coefficient (Wildman–Crippen LogP) is 3.32. The fourth-order valence-electron chi connectivity index (χ4n) is 1.79. The van der Waals surface area contributed by atoms with E-state index < -0.39 is 0 Å². The second kappa shape index (κ2) is 9.37. The number of ether oxygens (including phenoxy) is 1. The topological polar surface area (TPSA) is 64.3 Å². The fraction of sp³-hybridized carbons (Fsp3) is 0.562. The standard InChI is InChI=1S/C16H26N2O2/c1-3-13(2)20-15-9-7-8-14(12-15)18-16(19)10-5-4-6-11-17/h7-9,12-13H,3-6,10-11,17H2,1-2H3,(H,18,19). The van der Waals surface area contributed by atoms with Gasteiger partial charge in [-0.25, -0.2) is 0 Å². The molecule has 1 aromatic rings. The predicted molar refractivity (Wildman–Crippen MR) is 83.0 cm³/mol. The van der Waals surface area contributed by atoms with E-state index >= 15 is 0 Å². The molecule has 0 heterocycles. The first-order chi connectivity index (χ1) is 9.65. The van der Waals surface area contributed by atoms with Gasteiger partial charge in [0.05, 0.1) is 6.10 Å². The summed E-state index contributed by atoms with van der Waals surface area (Å²) in [5.74, 6) is 0.836. The summed E-state index contributed by atoms with van der Waals surface area (Å²) < 4.78 is 5.73. The number of nitrogens with one attached hydrogen (secondary N) is 1. The van der Waals surface area contributed by atoms with Gasteiger partial charge in [0.25, 0.3) is 0 Å². The van der Waals surface area contributed by atoms with Crippen molar-refractivity contribution in [2.45, 2.75) is 52.1 Å². The quantitative estimate of drug-likeness (QED) is 0.681. The van der Waals surface area contributed by atoms with Crippen molar-refractivity contribution in [3.8, 4) is 5.75 Å². The van der Waals surface area contributed by atoms with Crippen LogP contribution in [0.3, 0.4) is 0 Å². The van der Waals surface area contributed by atoms with Crippen molar-refractivity contribution in [1.29, 1.82) is 0 Å². The van der Waals surface area contributed by atoms with Crippen LogP contribution < -0.4 is 15.8 Å². The summed E-state index contributed by atoms with van der Waals surface area (Å²) in [6.07, 6.45) is 4.53. The molecule has 0 aliphatic rings. The highest BCUT2D eigenvalue weighted by atomic mass is 16.5. The normalized spacial score (nSPS) is 11.9. The minimum atomic E-state index is 0.0442. The number of unbranched alkanes of at least 4 members (excludes halogenated alkanes) is 2. The molecular formula is C16H26N2O2. The lowest BCUT2D eigenvalue weighted by molar-refractivity contribution is -0.116. The SMILES string of the molecule is CCC(C)Oc1cccc(NC(=O)CCCCCN)c1. The Balaban J connectivity index is 2.43. The zero-order valence-corrected chi connectivity index (χ0v) is 12.5. The summed E-state index contributed by atoms with van der Waals surface area (Å²) in [4.78, 5) is 11.8. The maximum Gasteiger partial charge on any atom is 0.224 e. The first kappa shape index (κ1) is 16.5. The van der Waals surface area contributed by atoms with Gasteiger partial charge < -0.3 is 15.8 Å². The monoisotopic (exact) mass is 278 g/mol. The molecule has 20 heavy (non-hydrogen) atoms. The van der Waals surface area contributed by atoms with Gasteiger partial charge in [-0.2, -0.15) is 0 Å². The van der Waals surface area contributed by atoms with Crippen molar-refractivity contribution >= 4 is 11.6 Å². The summed E-state index contributed by atoms with van der Waals surface area (Å²) in [6.45, 7) is 4.80. The third kappa shape index (κ3) is 6.57. The highest BCUT2D eigenvalue weighted by molar-refractivity contribution is 5.90. The van der Waals surface area contributed by atoms with Gasteiger partial charge in [0.15, 0.2) is 0 Å². The molecule has 1 rings (SSSR count). The largest absolute Gasteiger partial charge is 0.491 e. The third-order valence-electron chi connectivity index (χ3n) is 3.14. The molecule has 112 valence electrons. The number of hydrogen-bond donors (Lipinski definition) is 2. The van der Waals surface area contributed by atoms with E-state index in [-0.39, 0.29) is 12.0 Å². The lowest BCUT2D eigenvalue weighted by atomic mass is 10.2. The Bertz CT molecular complexity index is 407. The zero-order chi connectivity index (χ0) is 14.8. The summed E-state index contributed by atoms with van der Waals surface area (Å²) in [7, 11) is 0. The molecule has 1 unspecified atom stereocenters. The Morgan fingerprint density at radius 3 is 2.85 bits per heavy atom. The maximum absolute atomic E-state index is 11.8. The zero-order valence-electron chi connectivity index (χ0n) is 12.5. The molecule has 4 heteroatoms. The Kier molecular flexibility index (Phi) is 7.73. The van der Waals surface area contributed by atoms with E-state index in [1.807, 2.05) is 31.2 Å². The van der Waals surface area contributed by atoms with Crippen LogP contribution in [0.5, 0.6) is 5.75 Å². The summed E-state index contributed by atoms with van der Waals surface area (Å²) in [5.41, 5.74) is 6.21. The van der Waals surface area contributed by atoms with E-state index in [9.17, 15) is 4.79 Å². The van der Waals surface area contributed by atoms with Crippen molar-refractivity contribution < 1.29 is 9.53 Å². The van der Waals surface area contributed by atoms with Gasteiger partial charge in [0, 0.05) is 18.2 Å². The number of anilines is 1. The van der Waals surface area contributed by atoms with Gasteiger partial charge in [0.2, 0.25) is 5.91 Å². The molecule has 0 saturated carbocycles. The first-order valence-electron chi connectivity index (χ1n) is 7.42. The van der Waals surface area contributed by atoms with Crippen LogP contribution in [0.2, 0.25) is 0 Å². The molecule has 1 amide bonds. The van der Waals surface area contributed by atoms with Crippen molar-refractivity contribution in [3.05, 3.63) is 24.3 Å². The molecule has 0 aromatic heterocycles. The molecule has 0 aliphatic heterocycles. The number of amides is 1. The van der Waals surface area contributed by atoms with Crippen molar-refractivity contribution in [1.82, 2.24) is 0 Å². The highest BCUT2D eigenvalue weighted by Crippen LogP contribution is 2.19. The third-order valence-corrected chi connectivity index (χ3v) is 3.14.